The van der Waals surface area contributed by atoms with E-state index in [1.165, 1.54) is 0 Å². The molecule has 1 N–H and O–H groups in total. The Morgan fingerprint density at radius 3 is 2.65 bits per heavy atom. The monoisotopic (exact) mass is 263 g/mol. The molecule has 0 aliphatic rings. The minimum Gasteiger partial charge on any atom is -0.478 e. The molecule has 3 nitrogen and oxygen atoms in total. The summed E-state index contributed by atoms with van der Waals surface area (Å²) in [5, 5.41) is 10.4. The fraction of sp³-hybridized carbons (Fsp3) is 0.0588. The van der Waals surface area contributed by atoms with Gasteiger partial charge < -0.3 is 5.11 Å². The first-order chi connectivity index (χ1) is 9.65. The maximum absolute atomic E-state index is 11.4. The molecule has 0 saturated heterocycles. The molecule has 0 aliphatic carbocycles. The minimum atomic E-state index is -0.932. The first-order valence-corrected chi connectivity index (χ1v) is 6.35. The number of nitrogens with zero attached hydrogens (tertiary/aromatic N) is 1. The average molecular weight is 263 g/mol. The summed E-state index contributed by atoms with van der Waals surface area (Å²) in [5.41, 5.74) is 3.40. The molecule has 0 unspecified atom stereocenters. The number of aromatic nitrogens is 1. The van der Waals surface area contributed by atoms with Gasteiger partial charge in [-0.05, 0) is 25.1 Å². The van der Waals surface area contributed by atoms with Crippen molar-refractivity contribution in [2.24, 2.45) is 0 Å². The van der Waals surface area contributed by atoms with Crippen LogP contribution in [0.25, 0.3) is 22.2 Å². The van der Waals surface area contributed by atoms with Gasteiger partial charge in [-0.1, -0.05) is 42.0 Å². The third-order valence-corrected chi connectivity index (χ3v) is 3.28. The van der Waals surface area contributed by atoms with Gasteiger partial charge in [-0.2, -0.15) is 0 Å². The molecule has 0 fully saturated rings. The van der Waals surface area contributed by atoms with E-state index in [0.717, 1.165) is 16.5 Å². The molecule has 0 aliphatic heterocycles. The van der Waals surface area contributed by atoms with Gasteiger partial charge in [0.05, 0.1) is 16.8 Å². The van der Waals surface area contributed by atoms with E-state index < -0.39 is 5.97 Å². The van der Waals surface area contributed by atoms with Crippen LogP contribution in [0.15, 0.2) is 54.6 Å². The Morgan fingerprint density at radius 2 is 1.85 bits per heavy atom. The van der Waals surface area contributed by atoms with Crippen LogP contribution in [0.3, 0.4) is 0 Å². The van der Waals surface area contributed by atoms with E-state index in [-0.39, 0.29) is 5.56 Å². The SMILES string of the molecule is Cc1ccc(-c2ccc3ccccc3n2)c(C(=O)O)c1. The van der Waals surface area contributed by atoms with Crippen molar-refractivity contribution in [1.29, 1.82) is 0 Å². The predicted octanol–water partition coefficient (Wildman–Crippen LogP) is 3.91. The lowest BCUT2D eigenvalue weighted by Crippen LogP contribution is -2.01. The van der Waals surface area contributed by atoms with E-state index in [2.05, 4.69) is 4.98 Å². The van der Waals surface area contributed by atoms with E-state index in [9.17, 15) is 9.90 Å². The number of aryl methyl sites for hydroxylation is 1. The van der Waals surface area contributed by atoms with Gasteiger partial charge in [0.2, 0.25) is 0 Å². The van der Waals surface area contributed by atoms with E-state index in [4.69, 9.17) is 0 Å². The first kappa shape index (κ1) is 12.4. The number of carboxylic acid groups (broad SMARTS) is 1. The van der Waals surface area contributed by atoms with E-state index in [0.29, 0.717) is 11.3 Å². The van der Waals surface area contributed by atoms with Gasteiger partial charge in [0.15, 0.2) is 0 Å². The maximum atomic E-state index is 11.4. The van der Waals surface area contributed by atoms with E-state index in [1.54, 1.807) is 6.07 Å². The number of carboxylic acids is 1. The highest BCUT2D eigenvalue weighted by Gasteiger charge is 2.13. The number of hydrogen-bond acceptors (Lipinski definition) is 2. The largest absolute Gasteiger partial charge is 0.478 e. The quantitative estimate of drug-likeness (QED) is 0.762. The van der Waals surface area contributed by atoms with Crippen LogP contribution in [0, 0.1) is 6.92 Å². The van der Waals surface area contributed by atoms with Gasteiger partial charge in [0.25, 0.3) is 0 Å². The molecule has 0 saturated carbocycles. The molecular weight excluding hydrogens is 250 g/mol. The molecule has 0 bridgehead atoms. The molecule has 3 rings (SSSR count). The van der Waals surface area contributed by atoms with Crippen molar-refractivity contribution in [3.63, 3.8) is 0 Å². The number of hydrogen-bond donors (Lipinski definition) is 1. The molecule has 1 heterocycles. The second-order valence-electron chi connectivity index (χ2n) is 4.74. The van der Waals surface area contributed by atoms with Gasteiger partial charge in [0.1, 0.15) is 0 Å². The standard InChI is InChI=1S/C17H13NO2/c1-11-6-8-13(14(10-11)17(19)20)16-9-7-12-4-2-3-5-15(12)18-16/h2-10H,1H3,(H,19,20). The maximum Gasteiger partial charge on any atom is 0.336 e. The number of carbonyl (C=O) groups is 1. The normalized spacial score (nSPS) is 10.7. The lowest BCUT2D eigenvalue weighted by atomic mass is 10.0. The summed E-state index contributed by atoms with van der Waals surface area (Å²) >= 11 is 0. The molecule has 98 valence electrons. The molecular formula is C17H13NO2. The highest BCUT2D eigenvalue weighted by molar-refractivity contribution is 5.96. The Balaban J connectivity index is 2.22. The van der Waals surface area contributed by atoms with Crippen LogP contribution in [-0.2, 0) is 0 Å². The summed E-state index contributed by atoms with van der Waals surface area (Å²) in [4.78, 5) is 15.9. The predicted molar refractivity (Wildman–Crippen MR) is 78.9 cm³/mol. The second kappa shape index (κ2) is 4.78. The molecule has 0 radical (unpaired) electrons. The van der Waals surface area contributed by atoms with Crippen molar-refractivity contribution < 1.29 is 9.90 Å². The Labute approximate surface area is 116 Å². The van der Waals surface area contributed by atoms with Gasteiger partial charge in [-0.25, -0.2) is 9.78 Å². The zero-order valence-corrected chi connectivity index (χ0v) is 11.0. The third kappa shape index (κ3) is 2.14. The third-order valence-electron chi connectivity index (χ3n) is 3.28. The summed E-state index contributed by atoms with van der Waals surface area (Å²) < 4.78 is 0. The topological polar surface area (TPSA) is 50.2 Å². The Morgan fingerprint density at radius 1 is 1.05 bits per heavy atom. The lowest BCUT2D eigenvalue weighted by molar-refractivity contribution is 0.0697. The molecule has 3 heteroatoms. The van der Waals surface area contributed by atoms with Crippen LogP contribution in [0.2, 0.25) is 0 Å². The van der Waals surface area contributed by atoms with Crippen LogP contribution in [0.1, 0.15) is 15.9 Å². The van der Waals surface area contributed by atoms with E-state index in [1.807, 2.05) is 55.5 Å². The fourth-order valence-corrected chi connectivity index (χ4v) is 2.27. The summed E-state index contributed by atoms with van der Waals surface area (Å²) in [6, 6.07) is 17.0. The molecule has 0 spiro atoms. The fourth-order valence-electron chi connectivity index (χ4n) is 2.27. The van der Waals surface area contributed by atoms with Gasteiger partial charge in [-0.15, -0.1) is 0 Å². The van der Waals surface area contributed by atoms with Crippen LogP contribution in [0.5, 0.6) is 0 Å². The lowest BCUT2D eigenvalue weighted by Gasteiger charge is -2.08. The highest BCUT2D eigenvalue weighted by Crippen LogP contribution is 2.25. The number of fused-ring (bicyclic) bond motifs is 1. The van der Waals surface area contributed by atoms with Crippen molar-refractivity contribution in [3.05, 3.63) is 65.7 Å². The Kier molecular flexibility index (Phi) is 2.95. The number of benzene rings is 2. The summed E-state index contributed by atoms with van der Waals surface area (Å²) in [7, 11) is 0. The molecule has 2 aromatic carbocycles. The van der Waals surface area contributed by atoms with Gasteiger partial charge in [-0.3, -0.25) is 0 Å². The number of para-hydroxylation sites is 1. The van der Waals surface area contributed by atoms with Gasteiger partial charge >= 0.3 is 5.97 Å². The molecule has 0 atom stereocenters. The van der Waals surface area contributed by atoms with Crippen molar-refractivity contribution in [2.45, 2.75) is 6.92 Å². The molecule has 3 aromatic rings. The van der Waals surface area contributed by atoms with Gasteiger partial charge in [0, 0.05) is 10.9 Å². The summed E-state index contributed by atoms with van der Waals surface area (Å²) in [6.07, 6.45) is 0. The summed E-state index contributed by atoms with van der Waals surface area (Å²) in [5.74, 6) is -0.932. The summed E-state index contributed by atoms with van der Waals surface area (Å²) in [6.45, 7) is 1.88. The minimum absolute atomic E-state index is 0.285. The number of rotatable bonds is 2. The molecule has 1 aromatic heterocycles. The first-order valence-electron chi connectivity index (χ1n) is 6.35. The zero-order chi connectivity index (χ0) is 14.1. The molecule has 0 amide bonds. The molecule has 20 heavy (non-hydrogen) atoms. The Bertz CT molecular complexity index is 809. The zero-order valence-electron chi connectivity index (χ0n) is 11.0. The smallest absolute Gasteiger partial charge is 0.336 e. The number of aromatic carboxylic acids is 1. The van der Waals surface area contributed by atoms with E-state index >= 15 is 0 Å². The average Bonchev–Trinajstić information content (AvgIpc) is 2.46. The Hall–Kier alpha value is -2.68. The van der Waals surface area contributed by atoms with Crippen molar-refractivity contribution in [3.8, 4) is 11.3 Å². The van der Waals surface area contributed by atoms with Crippen LogP contribution >= 0.6 is 0 Å². The van der Waals surface area contributed by atoms with Crippen LogP contribution < -0.4 is 0 Å². The van der Waals surface area contributed by atoms with Crippen molar-refractivity contribution >= 4 is 16.9 Å². The second-order valence-corrected chi connectivity index (χ2v) is 4.74. The van der Waals surface area contributed by atoms with Crippen LogP contribution in [0.4, 0.5) is 0 Å². The van der Waals surface area contributed by atoms with Crippen LogP contribution in [-0.4, -0.2) is 16.1 Å². The number of pyridine rings is 1. The van der Waals surface area contributed by atoms with Crippen molar-refractivity contribution in [2.75, 3.05) is 0 Å². The highest BCUT2D eigenvalue weighted by atomic mass is 16.4. The van der Waals surface area contributed by atoms with Crippen molar-refractivity contribution in [1.82, 2.24) is 4.98 Å².